The number of carbonyl (C=O) groups excluding carboxylic acids is 1. The van der Waals surface area contributed by atoms with Gasteiger partial charge in [-0.3, -0.25) is 4.79 Å². The maximum Gasteiger partial charge on any atom is 0.219 e. The molecule has 1 aromatic rings. The summed E-state index contributed by atoms with van der Waals surface area (Å²) in [6.45, 7) is 3.28. The Hall–Kier alpha value is -1.24. The van der Waals surface area contributed by atoms with Crippen LogP contribution in [0.3, 0.4) is 0 Å². The summed E-state index contributed by atoms with van der Waals surface area (Å²) in [6, 6.07) is 0. The molecule has 1 unspecified atom stereocenters. The molecule has 3 N–H and O–H groups in total. The van der Waals surface area contributed by atoms with Crippen molar-refractivity contribution in [2.24, 2.45) is 0 Å². The van der Waals surface area contributed by atoms with E-state index in [1.165, 1.54) is 6.92 Å². The molecule has 2 heterocycles. The van der Waals surface area contributed by atoms with E-state index in [4.69, 9.17) is 4.74 Å². The number of aliphatic hydroxyl groups is 2. The second-order valence-corrected chi connectivity index (χ2v) is 4.66. The summed E-state index contributed by atoms with van der Waals surface area (Å²) < 4.78 is 5.22. The number of imidazole rings is 1. The summed E-state index contributed by atoms with van der Waals surface area (Å²) in [6.07, 6.45) is 1.37. The largest absolute Gasteiger partial charge is 0.382 e. The van der Waals surface area contributed by atoms with Crippen molar-refractivity contribution in [1.82, 2.24) is 9.97 Å². The van der Waals surface area contributed by atoms with Crippen molar-refractivity contribution >= 4 is 5.78 Å². The molecule has 0 bridgehead atoms. The highest BCUT2D eigenvalue weighted by molar-refractivity contribution is 5.90. The first kappa shape index (κ1) is 12.2. The molecule has 0 amide bonds. The molecule has 4 atom stereocenters. The van der Waals surface area contributed by atoms with Gasteiger partial charge < -0.3 is 19.9 Å². The van der Waals surface area contributed by atoms with E-state index in [0.29, 0.717) is 0 Å². The zero-order valence-electron chi connectivity index (χ0n) is 9.75. The minimum Gasteiger partial charge on any atom is -0.382 e. The van der Waals surface area contributed by atoms with Crippen molar-refractivity contribution < 1.29 is 19.7 Å². The third-order valence-corrected chi connectivity index (χ3v) is 3.23. The predicted molar refractivity (Wildman–Crippen MR) is 58.1 cm³/mol. The number of hydrogen-bond donors (Lipinski definition) is 3. The Morgan fingerprint density at radius 1 is 1.71 bits per heavy atom. The fraction of sp³-hybridized carbons (Fsp3) is 0.636. The van der Waals surface area contributed by atoms with Crippen molar-refractivity contribution in [3.63, 3.8) is 0 Å². The molecular weight excluding hydrogens is 224 g/mol. The number of aromatic nitrogens is 2. The predicted octanol–water partition coefficient (Wildman–Crippen LogP) is -0.0594. The number of ether oxygens (including phenoxy) is 1. The van der Waals surface area contributed by atoms with Gasteiger partial charge in [0.15, 0.2) is 0 Å². The highest BCUT2D eigenvalue weighted by Gasteiger charge is 2.45. The van der Waals surface area contributed by atoms with E-state index in [1.807, 2.05) is 6.92 Å². The smallest absolute Gasteiger partial charge is 0.219 e. The Morgan fingerprint density at radius 3 is 2.94 bits per heavy atom. The maximum absolute atomic E-state index is 11.5. The summed E-state index contributed by atoms with van der Waals surface area (Å²) in [5, 5.41) is 19.4. The number of carbonyl (C=O) groups is 1. The Kier molecular flexibility index (Phi) is 3.03. The standard InChI is InChI=1S/C11H16N2O4/c1-6(7-4-12-5-13-7)8-3-11(2,16)9(14)10(15)17-8/h4-6,8,10,15-16H,3H2,1-2H3,(H,12,13)/t6-,8?,10-,11-/m0/s1. The minimum atomic E-state index is -1.56. The lowest BCUT2D eigenvalue weighted by molar-refractivity contribution is -0.211. The number of rotatable bonds is 2. The SMILES string of the molecule is C[C@@H](c1cnc[nH]1)C1C[C@](C)(O)C(=O)[C@@H](O)O1. The lowest BCUT2D eigenvalue weighted by atomic mass is 9.85. The van der Waals surface area contributed by atoms with Crippen LogP contribution in [0, 0.1) is 0 Å². The molecule has 1 saturated heterocycles. The summed E-state index contributed by atoms with van der Waals surface area (Å²) in [5.41, 5.74) is -0.705. The number of hydrogen-bond acceptors (Lipinski definition) is 5. The molecule has 1 aromatic heterocycles. The van der Waals surface area contributed by atoms with Gasteiger partial charge in [-0.25, -0.2) is 4.98 Å². The summed E-state index contributed by atoms with van der Waals surface area (Å²) in [4.78, 5) is 18.3. The van der Waals surface area contributed by atoms with Gasteiger partial charge in [-0.2, -0.15) is 0 Å². The van der Waals surface area contributed by atoms with E-state index in [-0.39, 0.29) is 12.3 Å². The third kappa shape index (κ3) is 2.24. The van der Waals surface area contributed by atoms with E-state index >= 15 is 0 Å². The normalized spacial score (nSPS) is 35.9. The van der Waals surface area contributed by atoms with Gasteiger partial charge in [0.05, 0.1) is 12.4 Å². The van der Waals surface area contributed by atoms with Gasteiger partial charge in [-0.05, 0) is 6.92 Å². The van der Waals surface area contributed by atoms with Crippen LogP contribution in [-0.2, 0) is 9.53 Å². The van der Waals surface area contributed by atoms with Gasteiger partial charge >= 0.3 is 0 Å². The number of H-pyrrole nitrogens is 1. The number of Topliss-reactive ketones (excluding diaryl/α,β-unsaturated/α-hetero) is 1. The van der Waals surface area contributed by atoms with Crippen molar-refractivity contribution in [1.29, 1.82) is 0 Å². The zero-order valence-corrected chi connectivity index (χ0v) is 9.75. The van der Waals surface area contributed by atoms with Crippen molar-refractivity contribution in [3.8, 4) is 0 Å². The second-order valence-electron chi connectivity index (χ2n) is 4.66. The number of aliphatic hydroxyl groups excluding tert-OH is 1. The van der Waals surface area contributed by atoms with Crippen LogP contribution in [0.4, 0.5) is 0 Å². The molecule has 1 aliphatic heterocycles. The molecule has 1 aliphatic rings. The first-order valence-corrected chi connectivity index (χ1v) is 5.50. The van der Waals surface area contributed by atoms with Gasteiger partial charge in [-0.1, -0.05) is 6.92 Å². The summed E-state index contributed by atoms with van der Waals surface area (Å²) >= 11 is 0. The van der Waals surface area contributed by atoms with Crippen LogP contribution in [0.1, 0.15) is 31.9 Å². The molecule has 2 rings (SSSR count). The minimum absolute atomic E-state index is 0.0910. The number of ketones is 1. The van der Waals surface area contributed by atoms with E-state index in [9.17, 15) is 15.0 Å². The molecule has 0 aromatic carbocycles. The summed E-state index contributed by atoms with van der Waals surface area (Å²) in [5.74, 6) is -0.780. The monoisotopic (exact) mass is 240 g/mol. The molecule has 1 fully saturated rings. The van der Waals surface area contributed by atoms with E-state index in [1.54, 1.807) is 12.5 Å². The molecule has 0 radical (unpaired) electrons. The first-order chi connectivity index (χ1) is 7.92. The van der Waals surface area contributed by atoms with Crippen LogP contribution in [0.2, 0.25) is 0 Å². The van der Waals surface area contributed by atoms with Crippen LogP contribution in [0.5, 0.6) is 0 Å². The summed E-state index contributed by atoms with van der Waals surface area (Å²) in [7, 11) is 0. The average Bonchev–Trinajstić information content (AvgIpc) is 2.77. The van der Waals surface area contributed by atoms with E-state index in [2.05, 4.69) is 9.97 Å². The maximum atomic E-state index is 11.5. The molecule has 6 nitrogen and oxygen atoms in total. The fourth-order valence-electron chi connectivity index (χ4n) is 2.04. The Balaban J connectivity index is 2.16. The molecule has 94 valence electrons. The highest BCUT2D eigenvalue weighted by atomic mass is 16.6. The van der Waals surface area contributed by atoms with Crippen molar-refractivity contribution in [3.05, 3.63) is 18.2 Å². The van der Waals surface area contributed by atoms with Crippen LogP contribution in [-0.4, -0.2) is 44.0 Å². The van der Waals surface area contributed by atoms with Crippen LogP contribution in [0.25, 0.3) is 0 Å². The molecule has 0 spiro atoms. The number of nitrogens with zero attached hydrogens (tertiary/aromatic N) is 1. The van der Waals surface area contributed by atoms with Gasteiger partial charge in [-0.15, -0.1) is 0 Å². The Morgan fingerprint density at radius 2 is 2.41 bits per heavy atom. The number of nitrogens with one attached hydrogen (secondary N) is 1. The lowest BCUT2D eigenvalue weighted by Crippen LogP contribution is -2.53. The van der Waals surface area contributed by atoms with Crippen molar-refractivity contribution in [2.45, 2.75) is 44.2 Å². The third-order valence-electron chi connectivity index (χ3n) is 3.23. The average molecular weight is 240 g/mol. The van der Waals surface area contributed by atoms with Gasteiger partial charge in [0.25, 0.3) is 0 Å². The number of aromatic amines is 1. The lowest BCUT2D eigenvalue weighted by Gasteiger charge is -2.37. The first-order valence-electron chi connectivity index (χ1n) is 5.50. The van der Waals surface area contributed by atoms with Gasteiger partial charge in [0.2, 0.25) is 12.1 Å². The second kappa shape index (κ2) is 4.21. The highest BCUT2D eigenvalue weighted by Crippen LogP contribution is 2.32. The van der Waals surface area contributed by atoms with Crippen LogP contribution >= 0.6 is 0 Å². The Bertz CT molecular complexity index is 402. The molecule has 17 heavy (non-hydrogen) atoms. The van der Waals surface area contributed by atoms with E-state index < -0.39 is 23.8 Å². The zero-order chi connectivity index (χ0) is 12.6. The quantitative estimate of drug-likeness (QED) is 0.673. The molecule has 0 saturated carbocycles. The van der Waals surface area contributed by atoms with Crippen LogP contribution in [0.15, 0.2) is 12.5 Å². The van der Waals surface area contributed by atoms with Crippen molar-refractivity contribution in [2.75, 3.05) is 0 Å². The molecule has 0 aliphatic carbocycles. The van der Waals surface area contributed by atoms with E-state index in [0.717, 1.165) is 5.69 Å². The van der Waals surface area contributed by atoms with Gasteiger partial charge in [0, 0.05) is 24.2 Å². The Labute approximate surface area is 98.6 Å². The van der Waals surface area contributed by atoms with Crippen LogP contribution < -0.4 is 0 Å². The topological polar surface area (TPSA) is 95.4 Å². The van der Waals surface area contributed by atoms with Gasteiger partial charge in [0.1, 0.15) is 5.60 Å². The fourth-order valence-corrected chi connectivity index (χ4v) is 2.04. The molecule has 6 heteroatoms. The molecular formula is C11H16N2O4.